The van der Waals surface area contributed by atoms with Crippen LogP contribution in [0.3, 0.4) is 0 Å². The average Bonchev–Trinajstić information content (AvgIpc) is 2.89. The highest BCUT2D eigenvalue weighted by atomic mass is 16.6. The number of unbranched alkanes of at least 4 members (excludes halogenated alkanes) is 15. The summed E-state index contributed by atoms with van der Waals surface area (Å²) in [6.45, 7) is 13.4. The third kappa shape index (κ3) is 31.8. The van der Waals surface area contributed by atoms with Crippen molar-refractivity contribution in [2.24, 2.45) is 5.92 Å². The van der Waals surface area contributed by atoms with E-state index in [4.69, 9.17) is 23.7 Å². The zero-order valence-corrected chi connectivity index (χ0v) is 24.7. The molecule has 5 heteroatoms. The van der Waals surface area contributed by atoms with Crippen LogP contribution < -0.4 is 0 Å². The maximum Gasteiger partial charge on any atom is 0.0701 e. The molecule has 0 aromatic rings. The minimum atomic E-state index is 0.602. The molecule has 0 aromatic heterocycles. The molecule has 0 heterocycles. The lowest BCUT2D eigenvalue weighted by molar-refractivity contribution is -0.0133. The molecule has 0 aliphatic carbocycles. The van der Waals surface area contributed by atoms with E-state index in [1.54, 1.807) is 0 Å². The molecule has 1 atom stereocenters. The van der Waals surface area contributed by atoms with Gasteiger partial charge in [0.1, 0.15) is 0 Å². The topological polar surface area (TPSA) is 46.2 Å². The van der Waals surface area contributed by atoms with Crippen molar-refractivity contribution in [2.45, 2.75) is 130 Å². The Morgan fingerprint density at radius 2 is 0.667 bits per heavy atom. The predicted octanol–water partition coefficient (Wildman–Crippen LogP) is 8.38. The highest BCUT2D eigenvalue weighted by molar-refractivity contribution is 4.50. The SMILES string of the molecule is CCCCCCCCCCCCCCCCCCOCCOCCOCCOCCOCC(C)CC. The standard InChI is InChI=1S/C31H64O5/c1-4-6-7-8-9-10-11-12-13-14-15-16-17-18-19-20-21-32-22-23-33-24-25-34-26-27-35-28-29-36-30-31(3)5-2/h31H,4-30H2,1-3H3. The summed E-state index contributed by atoms with van der Waals surface area (Å²) in [4.78, 5) is 0. The molecular formula is C31H64O5. The molecule has 0 saturated heterocycles. The van der Waals surface area contributed by atoms with Crippen LogP contribution >= 0.6 is 0 Å². The molecule has 5 nitrogen and oxygen atoms in total. The van der Waals surface area contributed by atoms with Crippen LogP contribution in [0.1, 0.15) is 130 Å². The van der Waals surface area contributed by atoms with E-state index < -0.39 is 0 Å². The first-order valence-electron chi connectivity index (χ1n) is 15.7. The third-order valence-electron chi connectivity index (χ3n) is 6.73. The summed E-state index contributed by atoms with van der Waals surface area (Å²) < 4.78 is 27.8. The van der Waals surface area contributed by atoms with Crippen molar-refractivity contribution in [1.82, 2.24) is 0 Å². The van der Waals surface area contributed by atoms with Crippen LogP contribution in [0, 0.1) is 5.92 Å². The summed E-state index contributed by atoms with van der Waals surface area (Å²) in [5.41, 5.74) is 0. The van der Waals surface area contributed by atoms with Gasteiger partial charge in [-0.15, -0.1) is 0 Å². The van der Waals surface area contributed by atoms with E-state index in [-0.39, 0.29) is 0 Å². The highest BCUT2D eigenvalue weighted by Gasteiger charge is 1.98. The van der Waals surface area contributed by atoms with Crippen LogP contribution in [0.15, 0.2) is 0 Å². The average molecular weight is 517 g/mol. The van der Waals surface area contributed by atoms with E-state index in [2.05, 4.69) is 20.8 Å². The largest absolute Gasteiger partial charge is 0.379 e. The molecule has 218 valence electrons. The molecule has 0 bridgehead atoms. The lowest BCUT2D eigenvalue weighted by atomic mass is 10.0. The smallest absolute Gasteiger partial charge is 0.0701 e. The fourth-order valence-electron chi connectivity index (χ4n) is 4.03. The fraction of sp³-hybridized carbons (Fsp3) is 1.00. The summed E-state index contributed by atoms with van der Waals surface area (Å²) >= 11 is 0. The van der Waals surface area contributed by atoms with Gasteiger partial charge < -0.3 is 23.7 Å². The third-order valence-corrected chi connectivity index (χ3v) is 6.73. The van der Waals surface area contributed by atoms with Gasteiger partial charge in [-0.2, -0.15) is 0 Å². The first-order valence-corrected chi connectivity index (χ1v) is 15.7. The van der Waals surface area contributed by atoms with Crippen molar-refractivity contribution in [2.75, 3.05) is 66.1 Å². The quantitative estimate of drug-likeness (QED) is 0.0840. The fourth-order valence-corrected chi connectivity index (χ4v) is 4.03. The Morgan fingerprint density at radius 3 is 1.03 bits per heavy atom. The summed E-state index contributed by atoms with van der Waals surface area (Å²) in [6, 6.07) is 0. The minimum absolute atomic E-state index is 0.602. The Bertz CT molecular complexity index is 380. The first-order chi connectivity index (χ1) is 17.8. The van der Waals surface area contributed by atoms with Crippen LogP contribution in [0.25, 0.3) is 0 Å². The van der Waals surface area contributed by atoms with E-state index in [9.17, 15) is 0 Å². The van der Waals surface area contributed by atoms with Crippen LogP contribution in [0.5, 0.6) is 0 Å². The van der Waals surface area contributed by atoms with Crippen molar-refractivity contribution >= 4 is 0 Å². The monoisotopic (exact) mass is 516 g/mol. The second-order valence-electron chi connectivity index (χ2n) is 10.3. The van der Waals surface area contributed by atoms with Crippen molar-refractivity contribution in [3.8, 4) is 0 Å². The van der Waals surface area contributed by atoms with Gasteiger partial charge in [-0.25, -0.2) is 0 Å². The van der Waals surface area contributed by atoms with E-state index >= 15 is 0 Å². The second-order valence-corrected chi connectivity index (χ2v) is 10.3. The number of rotatable bonds is 32. The van der Waals surface area contributed by atoms with Crippen LogP contribution in [-0.4, -0.2) is 66.1 Å². The molecule has 0 rings (SSSR count). The van der Waals surface area contributed by atoms with Gasteiger partial charge in [0, 0.05) is 13.2 Å². The van der Waals surface area contributed by atoms with Gasteiger partial charge in [0.2, 0.25) is 0 Å². The van der Waals surface area contributed by atoms with Gasteiger partial charge in [0.25, 0.3) is 0 Å². The van der Waals surface area contributed by atoms with Crippen molar-refractivity contribution in [3.05, 3.63) is 0 Å². The van der Waals surface area contributed by atoms with Crippen molar-refractivity contribution in [1.29, 1.82) is 0 Å². The molecule has 0 amide bonds. The Labute approximate surface area is 225 Å². The number of hydrogen-bond donors (Lipinski definition) is 0. The van der Waals surface area contributed by atoms with E-state index in [0.717, 1.165) is 19.6 Å². The molecule has 0 fully saturated rings. The molecule has 0 aliphatic heterocycles. The summed E-state index contributed by atoms with van der Waals surface area (Å²) in [6.07, 6.45) is 23.6. The number of hydrogen-bond acceptors (Lipinski definition) is 5. The van der Waals surface area contributed by atoms with Crippen LogP contribution in [0.4, 0.5) is 0 Å². The van der Waals surface area contributed by atoms with Gasteiger partial charge in [-0.05, 0) is 12.3 Å². The summed E-state index contributed by atoms with van der Waals surface area (Å²) in [5, 5.41) is 0. The van der Waals surface area contributed by atoms with Gasteiger partial charge in [-0.3, -0.25) is 0 Å². The van der Waals surface area contributed by atoms with Gasteiger partial charge >= 0.3 is 0 Å². The lowest BCUT2D eigenvalue weighted by Gasteiger charge is -2.10. The van der Waals surface area contributed by atoms with E-state index in [1.165, 1.54) is 103 Å². The Morgan fingerprint density at radius 1 is 0.361 bits per heavy atom. The van der Waals surface area contributed by atoms with Crippen LogP contribution in [-0.2, 0) is 23.7 Å². The Kier molecular flexibility index (Phi) is 32.6. The maximum atomic E-state index is 5.67. The molecule has 1 unspecified atom stereocenters. The molecule has 0 aromatic carbocycles. The normalized spacial score (nSPS) is 12.4. The Balaban J connectivity index is 3.02. The molecule has 0 N–H and O–H groups in total. The molecular weight excluding hydrogens is 452 g/mol. The van der Waals surface area contributed by atoms with Crippen LogP contribution in [0.2, 0.25) is 0 Å². The predicted molar refractivity (Wildman–Crippen MR) is 153 cm³/mol. The van der Waals surface area contributed by atoms with Crippen molar-refractivity contribution in [3.63, 3.8) is 0 Å². The summed E-state index contributed by atoms with van der Waals surface area (Å²) in [7, 11) is 0. The molecule has 36 heavy (non-hydrogen) atoms. The summed E-state index contributed by atoms with van der Waals surface area (Å²) in [5.74, 6) is 0.623. The van der Waals surface area contributed by atoms with E-state index in [1.807, 2.05) is 0 Å². The molecule has 0 saturated carbocycles. The minimum Gasteiger partial charge on any atom is -0.379 e. The van der Waals surface area contributed by atoms with Gasteiger partial charge in [0.05, 0.1) is 52.9 Å². The highest BCUT2D eigenvalue weighted by Crippen LogP contribution is 2.13. The van der Waals surface area contributed by atoms with E-state index in [0.29, 0.717) is 58.8 Å². The van der Waals surface area contributed by atoms with Gasteiger partial charge in [0.15, 0.2) is 0 Å². The zero-order chi connectivity index (χ0) is 26.2. The Hall–Kier alpha value is -0.200. The zero-order valence-electron chi connectivity index (χ0n) is 24.7. The molecule has 0 radical (unpaired) electrons. The van der Waals surface area contributed by atoms with Gasteiger partial charge in [-0.1, -0.05) is 124 Å². The number of ether oxygens (including phenoxy) is 5. The maximum absolute atomic E-state index is 5.67. The molecule has 0 spiro atoms. The van der Waals surface area contributed by atoms with Crippen molar-refractivity contribution < 1.29 is 23.7 Å². The first kappa shape index (κ1) is 35.8. The second kappa shape index (κ2) is 32.8. The molecule has 0 aliphatic rings. The lowest BCUT2D eigenvalue weighted by Crippen LogP contribution is -2.14.